The molecule has 0 bridgehead atoms. The number of halogens is 2. The molecule has 2 N–H and O–H groups in total. The van der Waals surface area contributed by atoms with Gasteiger partial charge < -0.3 is 10.5 Å². The summed E-state index contributed by atoms with van der Waals surface area (Å²) in [4.78, 5) is 27.3. The quantitative estimate of drug-likeness (QED) is 0.387. The summed E-state index contributed by atoms with van der Waals surface area (Å²) >= 11 is 7.33. The van der Waals surface area contributed by atoms with Crippen molar-refractivity contribution in [2.24, 2.45) is 5.73 Å². The first kappa shape index (κ1) is 23.4. The standard InChI is InChI=1S/C23H21ClN2O3S.ClH/c24-13-7-12-17-14-30-22-18(25)21(27)26(22)19(17)23(28)29-20(15-8-3-1-4-9-15)16-10-5-2-6-11-16;/h1-12,18,20,22H,13-14,25H2;1H/b12-7+;. The monoisotopic (exact) mass is 476 g/mol. The third-order valence-electron chi connectivity index (χ3n) is 5.07. The van der Waals surface area contributed by atoms with Gasteiger partial charge >= 0.3 is 5.97 Å². The fourth-order valence-electron chi connectivity index (χ4n) is 3.59. The normalized spacial score (nSPS) is 20.4. The Morgan fingerprint density at radius 3 is 2.29 bits per heavy atom. The van der Waals surface area contributed by atoms with Gasteiger partial charge in [0.2, 0.25) is 5.91 Å². The second kappa shape index (κ2) is 10.4. The Kier molecular flexibility index (Phi) is 7.84. The van der Waals surface area contributed by atoms with Crippen molar-refractivity contribution >= 4 is 47.6 Å². The maximum absolute atomic E-state index is 13.4. The topological polar surface area (TPSA) is 72.6 Å². The predicted molar refractivity (Wildman–Crippen MR) is 126 cm³/mol. The summed E-state index contributed by atoms with van der Waals surface area (Å²) < 4.78 is 6.00. The van der Waals surface area contributed by atoms with E-state index in [1.807, 2.05) is 60.7 Å². The number of allylic oxidation sites excluding steroid dienone is 2. The van der Waals surface area contributed by atoms with Gasteiger partial charge in [-0.1, -0.05) is 72.8 Å². The van der Waals surface area contributed by atoms with E-state index >= 15 is 0 Å². The van der Waals surface area contributed by atoms with Crippen LogP contribution < -0.4 is 5.73 Å². The number of amides is 1. The number of carbonyl (C=O) groups is 2. The molecule has 0 radical (unpaired) electrons. The molecule has 0 saturated carbocycles. The first-order valence-corrected chi connectivity index (χ1v) is 11.2. The maximum atomic E-state index is 13.4. The zero-order valence-electron chi connectivity index (χ0n) is 16.5. The van der Waals surface area contributed by atoms with E-state index in [0.29, 0.717) is 17.2 Å². The fourth-order valence-corrected chi connectivity index (χ4v) is 4.95. The number of nitrogens with two attached hydrogens (primary N) is 1. The van der Waals surface area contributed by atoms with Gasteiger partial charge in [-0.25, -0.2) is 4.79 Å². The lowest BCUT2D eigenvalue weighted by atomic mass is 10.0. The number of esters is 1. The Labute approximate surface area is 196 Å². The molecule has 0 spiro atoms. The van der Waals surface area contributed by atoms with Crippen molar-refractivity contribution in [2.45, 2.75) is 17.5 Å². The minimum absolute atomic E-state index is 0. The highest BCUT2D eigenvalue weighted by molar-refractivity contribution is 8.00. The number of nitrogens with zero attached hydrogens (tertiary/aromatic N) is 1. The molecule has 2 aromatic rings. The van der Waals surface area contributed by atoms with E-state index in [1.165, 1.54) is 16.7 Å². The van der Waals surface area contributed by atoms with Crippen LogP contribution in [0.5, 0.6) is 0 Å². The second-order valence-electron chi connectivity index (χ2n) is 6.97. The molecular formula is C23H22Cl2N2O3S. The number of alkyl halides is 1. The lowest BCUT2D eigenvalue weighted by Crippen LogP contribution is -2.68. The molecule has 1 amide bonds. The number of hydrogen-bond donors (Lipinski definition) is 1. The van der Waals surface area contributed by atoms with Crippen molar-refractivity contribution in [1.29, 1.82) is 0 Å². The van der Waals surface area contributed by atoms with Crippen LogP contribution in [0.25, 0.3) is 0 Å². The molecule has 2 unspecified atom stereocenters. The van der Waals surface area contributed by atoms with Crippen molar-refractivity contribution in [3.8, 4) is 0 Å². The van der Waals surface area contributed by atoms with Gasteiger partial charge in [0.25, 0.3) is 0 Å². The number of benzene rings is 2. The van der Waals surface area contributed by atoms with Gasteiger partial charge in [-0.15, -0.1) is 35.8 Å². The van der Waals surface area contributed by atoms with E-state index in [4.69, 9.17) is 22.1 Å². The fraction of sp³-hybridized carbons (Fsp3) is 0.217. The summed E-state index contributed by atoms with van der Waals surface area (Å²) in [7, 11) is 0. The smallest absolute Gasteiger partial charge is 0.356 e. The van der Waals surface area contributed by atoms with Gasteiger partial charge in [-0.2, -0.15) is 0 Å². The van der Waals surface area contributed by atoms with Gasteiger partial charge in [-0.3, -0.25) is 9.69 Å². The molecular weight excluding hydrogens is 455 g/mol. The van der Waals surface area contributed by atoms with Crippen LogP contribution in [-0.4, -0.2) is 39.8 Å². The third-order valence-corrected chi connectivity index (χ3v) is 6.57. The van der Waals surface area contributed by atoms with Crippen LogP contribution in [0.2, 0.25) is 0 Å². The third kappa shape index (κ3) is 4.67. The van der Waals surface area contributed by atoms with Crippen LogP contribution in [0.3, 0.4) is 0 Å². The maximum Gasteiger partial charge on any atom is 0.356 e. The average Bonchev–Trinajstić information content (AvgIpc) is 2.81. The average molecular weight is 477 g/mol. The minimum atomic E-state index is -0.601. The number of thioether (sulfide) groups is 1. The Hall–Kier alpha value is -2.25. The lowest BCUT2D eigenvalue weighted by molar-refractivity contribution is -0.153. The molecule has 2 aliphatic heterocycles. The van der Waals surface area contributed by atoms with E-state index < -0.39 is 18.1 Å². The highest BCUT2D eigenvalue weighted by Crippen LogP contribution is 2.41. The number of hydrogen-bond acceptors (Lipinski definition) is 5. The molecule has 4 rings (SSSR count). The molecule has 0 aliphatic carbocycles. The number of rotatable bonds is 6. The Bertz CT molecular complexity index is 959. The van der Waals surface area contributed by atoms with Crippen LogP contribution >= 0.6 is 35.8 Å². The van der Waals surface area contributed by atoms with Crippen LogP contribution in [0.4, 0.5) is 0 Å². The number of carbonyl (C=O) groups excluding carboxylic acids is 2. The van der Waals surface area contributed by atoms with E-state index in [9.17, 15) is 9.59 Å². The summed E-state index contributed by atoms with van der Waals surface area (Å²) in [5.41, 5.74) is 8.61. The van der Waals surface area contributed by atoms with Gasteiger partial charge in [0.1, 0.15) is 17.1 Å². The van der Waals surface area contributed by atoms with Crippen LogP contribution in [0, 0.1) is 0 Å². The molecule has 162 valence electrons. The zero-order chi connectivity index (χ0) is 21.1. The molecule has 0 aromatic heterocycles. The minimum Gasteiger partial charge on any atom is -0.448 e. The summed E-state index contributed by atoms with van der Waals surface area (Å²) in [6.45, 7) is 0. The van der Waals surface area contributed by atoms with Gasteiger partial charge in [0, 0.05) is 11.6 Å². The molecule has 2 aromatic carbocycles. The molecule has 2 heterocycles. The highest BCUT2D eigenvalue weighted by atomic mass is 35.5. The summed E-state index contributed by atoms with van der Waals surface area (Å²) in [6, 6.07) is 18.5. The molecule has 8 heteroatoms. The van der Waals surface area contributed by atoms with E-state index in [1.54, 1.807) is 12.2 Å². The molecule has 1 fully saturated rings. The first-order valence-electron chi connectivity index (χ1n) is 9.58. The largest absolute Gasteiger partial charge is 0.448 e. The van der Waals surface area contributed by atoms with E-state index in [-0.39, 0.29) is 29.4 Å². The van der Waals surface area contributed by atoms with Crippen molar-refractivity contribution in [3.05, 3.63) is 95.2 Å². The number of β-lactam (4-membered cyclic amide) rings is 1. The van der Waals surface area contributed by atoms with Crippen LogP contribution in [0.1, 0.15) is 17.2 Å². The van der Waals surface area contributed by atoms with Crippen LogP contribution in [-0.2, 0) is 14.3 Å². The SMILES string of the molecule is Cl.NC1C(=O)N2C(C(=O)OC(c3ccccc3)c3ccccc3)=C(/C=C/CCl)CSC12. The molecule has 1 saturated heterocycles. The summed E-state index contributed by atoms with van der Waals surface area (Å²) in [5.74, 6) is 0.0464. The number of fused-ring (bicyclic) bond motifs is 1. The predicted octanol–water partition coefficient (Wildman–Crippen LogP) is 4.03. The zero-order valence-corrected chi connectivity index (χ0v) is 18.9. The van der Waals surface area contributed by atoms with Crippen molar-refractivity contribution in [1.82, 2.24) is 4.90 Å². The Morgan fingerprint density at radius 2 is 1.74 bits per heavy atom. The molecule has 5 nitrogen and oxygen atoms in total. The first-order chi connectivity index (χ1) is 14.6. The van der Waals surface area contributed by atoms with Gasteiger partial charge in [-0.05, 0) is 16.7 Å². The van der Waals surface area contributed by atoms with Crippen molar-refractivity contribution in [3.63, 3.8) is 0 Å². The number of ether oxygens (including phenoxy) is 1. The van der Waals surface area contributed by atoms with Gasteiger partial charge in [0.15, 0.2) is 6.10 Å². The Balaban J connectivity index is 0.00000272. The van der Waals surface area contributed by atoms with E-state index in [2.05, 4.69) is 0 Å². The summed E-state index contributed by atoms with van der Waals surface area (Å²) in [5, 5.41) is -0.250. The molecule has 2 aliphatic rings. The molecule has 2 atom stereocenters. The van der Waals surface area contributed by atoms with Crippen molar-refractivity contribution < 1.29 is 14.3 Å². The lowest BCUT2D eigenvalue weighted by Gasteiger charge is -2.48. The summed E-state index contributed by atoms with van der Waals surface area (Å²) in [6.07, 6.45) is 2.94. The van der Waals surface area contributed by atoms with Crippen molar-refractivity contribution in [2.75, 3.05) is 11.6 Å². The second-order valence-corrected chi connectivity index (χ2v) is 8.39. The van der Waals surface area contributed by atoms with Crippen LogP contribution in [0.15, 0.2) is 84.1 Å². The highest BCUT2D eigenvalue weighted by Gasteiger charge is 2.52. The van der Waals surface area contributed by atoms with E-state index in [0.717, 1.165) is 11.1 Å². The Morgan fingerprint density at radius 1 is 1.16 bits per heavy atom. The van der Waals surface area contributed by atoms with Gasteiger partial charge in [0.05, 0.1) is 0 Å². The molecule has 31 heavy (non-hydrogen) atoms.